The molecule has 1 aromatic rings. The minimum atomic E-state index is 0. The summed E-state index contributed by atoms with van der Waals surface area (Å²) in [4.78, 5) is 7.12. The number of morpholine rings is 1. The van der Waals surface area contributed by atoms with Crippen molar-refractivity contribution in [3.05, 3.63) is 24.3 Å². The number of benzene rings is 1. The number of rotatable bonds is 11. The lowest BCUT2D eigenvalue weighted by Crippen LogP contribution is -2.37. The van der Waals surface area contributed by atoms with Crippen molar-refractivity contribution in [3.8, 4) is 5.75 Å². The molecule has 0 radical (unpaired) electrons. The van der Waals surface area contributed by atoms with Gasteiger partial charge in [0.25, 0.3) is 0 Å². The molecule has 0 aliphatic carbocycles. The second kappa shape index (κ2) is 15.8. The van der Waals surface area contributed by atoms with Crippen molar-refractivity contribution < 1.29 is 14.2 Å². The summed E-state index contributed by atoms with van der Waals surface area (Å²) < 4.78 is 16.2. The summed E-state index contributed by atoms with van der Waals surface area (Å²) in [6.45, 7) is 9.85. The fourth-order valence-electron chi connectivity index (χ4n) is 2.81. The van der Waals surface area contributed by atoms with E-state index in [2.05, 4.69) is 27.4 Å². The molecule has 28 heavy (non-hydrogen) atoms. The molecule has 1 aliphatic heterocycles. The maximum absolute atomic E-state index is 5.76. The van der Waals surface area contributed by atoms with Crippen molar-refractivity contribution >= 4 is 35.6 Å². The highest BCUT2D eigenvalue weighted by molar-refractivity contribution is 14.0. The third-order valence-corrected chi connectivity index (χ3v) is 4.21. The Hall–Kier alpha value is -1.10. The zero-order valence-electron chi connectivity index (χ0n) is 17.1. The molecule has 1 saturated heterocycles. The van der Waals surface area contributed by atoms with Gasteiger partial charge in [0.2, 0.25) is 0 Å². The van der Waals surface area contributed by atoms with Crippen LogP contribution >= 0.6 is 24.0 Å². The van der Waals surface area contributed by atoms with Gasteiger partial charge in [0, 0.05) is 64.6 Å². The largest absolute Gasteiger partial charge is 0.493 e. The van der Waals surface area contributed by atoms with Crippen molar-refractivity contribution in [1.82, 2.24) is 10.2 Å². The van der Waals surface area contributed by atoms with Crippen LogP contribution in [0.2, 0.25) is 0 Å². The molecule has 2 rings (SSSR count). The molecule has 2 N–H and O–H groups in total. The molecule has 0 bridgehead atoms. The minimum Gasteiger partial charge on any atom is -0.493 e. The lowest BCUT2D eigenvalue weighted by atomic mass is 10.3. The summed E-state index contributed by atoms with van der Waals surface area (Å²) in [5.74, 6) is 1.65. The van der Waals surface area contributed by atoms with E-state index in [0.29, 0.717) is 13.2 Å². The first-order chi connectivity index (χ1) is 13.3. The Morgan fingerprint density at radius 3 is 2.79 bits per heavy atom. The molecule has 1 heterocycles. The first-order valence-electron chi connectivity index (χ1n) is 9.89. The average molecular weight is 506 g/mol. The Bertz CT molecular complexity index is 554. The number of ether oxygens (including phenoxy) is 3. The second-order valence-corrected chi connectivity index (χ2v) is 6.42. The Morgan fingerprint density at radius 2 is 2.04 bits per heavy atom. The van der Waals surface area contributed by atoms with Crippen molar-refractivity contribution in [2.45, 2.75) is 19.8 Å². The maximum Gasteiger partial charge on any atom is 0.195 e. The first kappa shape index (κ1) is 24.9. The highest BCUT2D eigenvalue weighted by Gasteiger charge is 2.09. The van der Waals surface area contributed by atoms with Crippen molar-refractivity contribution in [1.29, 1.82) is 0 Å². The van der Waals surface area contributed by atoms with Gasteiger partial charge in [-0.25, -0.2) is 0 Å². The van der Waals surface area contributed by atoms with Crippen molar-refractivity contribution in [3.63, 3.8) is 0 Å². The zero-order chi connectivity index (χ0) is 19.2. The maximum atomic E-state index is 5.76. The van der Waals surface area contributed by atoms with E-state index < -0.39 is 0 Å². The molecule has 1 fully saturated rings. The lowest BCUT2D eigenvalue weighted by Gasteiger charge is -2.26. The van der Waals surface area contributed by atoms with E-state index in [1.54, 1.807) is 7.11 Å². The Balaban J connectivity index is 0.00000392. The van der Waals surface area contributed by atoms with Crippen LogP contribution in [-0.4, -0.2) is 77.1 Å². The number of hydrogen-bond donors (Lipinski definition) is 2. The van der Waals surface area contributed by atoms with Gasteiger partial charge in [0.05, 0.1) is 19.8 Å². The Kier molecular flexibility index (Phi) is 14.1. The topological polar surface area (TPSA) is 67.4 Å². The SMILES string of the molecule is CCNC(=NCCCN1CCOCC1)Nc1cccc(OCCCOC)c1.I. The molecule has 0 atom stereocenters. The van der Waals surface area contributed by atoms with Crippen LogP contribution in [0.15, 0.2) is 29.3 Å². The third-order valence-electron chi connectivity index (χ3n) is 4.21. The number of anilines is 1. The number of hydrogen-bond acceptors (Lipinski definition) is 5. The third kappa shape index (κ3) is 10.4. The molecule has 8 heteroatoms. The van der Waals surface area contributed by atoms with Gasteiger partial charge < -0.3 is 24.8 Å². The van der Waals surface area contributed by atoms with E-state index in [1.165, 1.54) is 0 Å². The van der Waals surface area contributed by atoms with E-state index in [4.69, 9.17) is 14.2 Å². The molecule has 0 saturated carbocycles. The fraction of sp³-hybridized carbons (Fsp3) is 0.650. The van der Waals surface area contributed by atoms with Gasteiger partial charge >= 0.3 is 0 Å². The van der Waals surface area contributed by atoms with Crippen LogP contribution in [0.1, 0.15) is 19.8 Å². The predicted octanol–water partition coefficient (Wildman–Crippen LogP) is 2.82. The molecule has 160 valence electrons. The molecular formula is C20H35IN4O3. The number of nitrogens with zero attached hydrogens (tertiary/aromatic N) is 2. The second-order valence-electron chi connectivity index (χ2n) is 6.42. The van der Waals surface area contributed by atoms with E-state index in [9.17, 15) is 0 Å². The van der Waals surface area contributed by atoms with E-state index >= 15 is 0 Å². The Morgan fingerprint density at radius 1 is 1.21 bits per heavy atom. The molecular weight excluding hydrogens is 471 g/mol. The van der Waals surface area contributed by atoms with Crippen LogP contribution < -0.4 is 15.4 Å². The molecule has 1 aromatic carbocycles. The van der Waals surface area contributed by atoms with Gasteiger partial charge in [-0.05, 0) is 25.5 Å². The molecule has 0 amide bonds. The highest BCUT2D eigenvalue weighted by atomic mass is 127. The van der Waals surface area contributed by atoms with E-state index in [0.717, 1.165) is 76.2 Å². The monoisotopic (exact) mass is 506 g/mol. The van der Waals surface area contributed by atoms with E-state index in [-0.39, 0.29) is 24.0 Å². The van der Waals surface area contributed by atoms with Crippen LogP contribution in [-0.2, 0) is 9.47 Å². The van der Waals surface area contributed by atoms with Crippen LogP contribution in [0.25, 0.3) is 0 Å². The molecule has 0 aromatic heterocycles. The smallest absolute Gasteiger partial charge is 0.195 e. The normalized spacial score (nSPS) is 15.0. The van der Waals surface area contributed by atoms with Crippen molar-refractivity contribution in [2.24, 2.45) is 4.99 Å². The summed E-state index contributed by atoms with van der Waals surface area (Å²) in [5, 5.41) is 6.66. The summed E-state index contributed by atoms with van der Waals surface area (Å²) in [6, 6.07) is 7.95. The first-order valence-corrected chi connectivity index (χ1v) is 9.89. The number of halogens is 1. The minimum absolute atomic E-state index is 0. The lowest BCUT2D eigenvalue weighted by molar-refractivity contribution is 0.0377. The van der Waals surface area contributed by atoms with Crippen LogP contribution in [0.3, 0.4) is 0 Å². The number of aliphatic imine (C=N–C) groups is 1. The fourth-order valence-corrected chi connectivity index (χ4v) is 2.81. The summed E-state index contributed by atoms with van der Waals surface area (Å²) in [7, 11) is 1.70. The number of methoxy groups -OCH3 is 1. The standard InChI is InChI=1S/C20H34N4O3.HI/c1-3-21-20(22-9-5-10-24-11-15-26-16-12-24)23-18-7-4-8-19(17-18)27-14-6-13-25-2;/h4,7-8,17H,3,5-6,9-16H2,1-2H3,(H2,21,22,23);1H. The van der Waals surface area contributed by atoms with Gasteiger partial charge in [-0.15, -0.1) is 24.0 Å². The van der Waals surface area contributed by atoms with Gasteiger partial charge in [0.1, 0.15) is 5.75 Å². The summed E-state index contributed by atoms with van der Waals surface area (Å²) in [5.41, 5.74) is 0.965. The van der Waals surface area contributed by atoms with Crippen LogP contribution in [0, 0.1) is 0 Å². The quantitative estimate of drug-likeness (QED) is 0.208. The Labute approximate surface area is 186 Å². The van der Waals surface area contributed by atoms with Gasteiger partial charge in [-0.2, -0.15) is 0 Å². The predicted molar refractivity (Wildman–Crippen MR) is 125 cm³/mol. The molecule has 0 spiro atoms. The molecule has 0 unspecified atom stereocenters. The van der Waals surface area contributed by atoms with Gasteiger partial charge in [-0.1, -0.05) is 6.07 Å². The summed E-state index contributed by atoms with van der Waals surface area (Å²) in [6.07, 6.45) is 1.92. The van der Waals surface area contributed by atoms with Crippen molar-refractivity contribution in [2.75, 3.05) is 71.6 Å². The molecule has 7 nitrogen and oxygen atoms in total. The van der Waals surface area contributed by atoms with Gasteiger partial charge in [-0.3, -0.25) is 9.89 Å². The van der Waals surface area contributed by atoms with Crippen LogP contribution in [0.4, 0.5) is 5.69 Å². The van der Waals surface area contributed by atoms with Crippen LogP contribution in [0.5, 0.6) is 5.75 Å². The average Bonchev–Trinajstić information content (AvgIpc) is 2.70. The number of guanidine groups is 1. The van der Waals surface area contributed by atoms with E-state index in [1.807, 2.05) is 24.3 Å². The highest BCUT2D eigenvalue weighted by Crippen LogP contribution is 2.17. The summed E-state index contributed by atoms with van der Waals surface area (Å²) >= 11 is 0. The van der Waals surface area contributed by atoms with Gasteiger partial charge in [0.15, 0.2) is 5.96 Å². The molecule has 1 aliphatic rings. The zero-order valence-corrected chi connectivity index (χ0v) is 19.4. The number of nitrogens with one attached hydrogen (secondary N) is 2.